The van der Waals surface area contributed by atoms with E-state index in [1.807, 2.05) is 13.0 Å². The van der Waals surface area contributed by atoms with Gasteiger partial charge in [-0.15, -0.1) is 0 Å². The summed E-state index contributed by atoms with van der Waals surface area (Å²) in [5.74, 6) is 2.06. The first-order valence-corrected chi connectivity index (χ1v) is 12.4. The fourth-order valence-corrected chi connectivity index (χ4v) is 5.75. The van der Waals surface area contributed by atoms with Crippen LogP contribution in [0.25, 0.3) is 11.2 Å². The van der Waals surface area contributed by atoms with Gasteiger partial charge < -0.3 is 14.9 Å². The molecule has 2 aliphatic rings. The second-order valence-electron chi connectivity index (χ2n) is 9.24. The van der Waals surface area contributed by atoms with Gasteiger partial charge in [0.1, 0.15) is 17.4 Å². The number of β-amino-alcohol motifs (C(OH)–C–C–N with tert-alkyl or cyclic N) is 1. The zero-order chi connectivity index (χ0) is 23.8. The molecule has 1 N–H and O–H groups in total. The summed E-state index contributed by atoms with van der Waals surface area (Å²) < 4.78 is 1.73. The maximum Gasteiger partial charge on any atom is 0.190 e. The molecule has 1 aromatic carbocycles. The fraction of sp³-hybridized carbons (Fsp3) is 0.520. The summed E-state index contributed by atoms with van der Waals surface area (Å²) in [4.78, 5) is 14.1. The minimum Gasteiger partial charge on any atom is -0.395 e. The van der Waals surface area contributed by atoms with Gasteiger partial charge in [-0.2, -0.15) is 10.4 Å². The molecule has 0 amide bonds. The Balaban J connectivity index is 0.00000289. The molecule has 2 aliphatic heterocycles. The normalized spacial score (nSPS) is 19.7. The van der Waals surface area contributed by atoms with Crippen molar-refractivity contribution < 1.29 is 5.11 Å². The maximum atomic E-state index is 9.60. The molecule has 3 aromatic rings. The number of hydrogen-bond acceptors (Lipinski definition) is 7. The van der Waals surface area contributed by atoms with Crippen molar-refractivity contribution in [1.82, 2.24) is 24.6 Å². The Kier molecular flexibility index (Phi) is 7.82. The second kappa shape index (κ2) is 10.7. The molecular weight excluding hydrogens is 485 g/mol. The zero-order valence-corrected chi connectivity index (χ0v) is 20.5. The van der Waals surface area contributed by atoms with Crippen molar-refractivity contribution in [2.24, 2.45) is 11.8 Å². The van der Waals surface area contributed by atoms with Crippen LogP contribution in [0.5, 0.6) is 0 Å². The van der Waals surface area contributed by atoms with Gasteiger partial charge in [0.2, 0.25) is 0 Å². The standard InChI is InChI=1S/C24H27Cl2N7O.CH4/c1-15(19-5-4-18(25)9-20(19)26)33-24-23(21(10-27)30-33)28-11-22(29-24)32-13-17(14-32)16-3-2-6-31(12-16)7-8-34;/h4-5,9,11,15-17,34H,2-3,6-8,12-14H2,1H3;1H4. The van der Waals surface area contributed by atoms with E-state index in [1.165, 1.54) is 12.8 Å². The van der Waals surface area contributed by atoms with Crippen LogP contribution in [0.2, 0.25) is 10.0 Å². The number of fused-ring (bicyclic) bond motifs is 1. The van der Waals surface area contributed by atoms with Crippen molar-refractivity contribution >= 4 is 40.2 Å². The van der Waals surface area contributed by atoms with Gasteiger partial charge in [-0.05, 0) is 55.8 Å². The average molecular weight is 516 g/mol. The number of nitriles is 1. The van der Waals surface area contributed by atoms with E-state index in [1.54, 1.807) is 23.0 Å². The first-order valence-electron chi connectivity index (χ1n) is 11.7. The van der Waals surface area contributed by atoms with Crippen LogP contribution in [-0.2, 0) is 0 Å². The predicted octanol–water partition coefficient (Wildman–Crippen LogP) is 4.39. The lowest BCUT2D eigenvalue weighted by Gasteiger charge is -2.47. The van der Waals surface area contributed by atoms with Gasteiger partial charge in [0.25, 0.3) is 0 Å². The highest BCUT2D eigenvalue weighted by Crippen LogP contribution is 2.35. The molecule has 10 heteroatoms. The number of aliphatic hydroxyl groups is 1. The van der Waals surface area contributed by atoms with E-state index in [2.05, 4.69) is 26.0 Å². The summed E-state index contributed by atoms with van der Waals surface area (Å²) >= 11 is 12.5. The molecule has 0 radical (unpaired) electrons. The Morgan fingerprint density at radius 1 is 1.23 bits per heavy atom. The highest BCUT2D eigenvalue weighted by molar-refractivity contribution is 6.35. The number of nitrogens with zero attached hydrogens (tertiary/aromatic N) is 7. The monoisotopic (exact) mass is 515 g/mol. The number of anilines is 1. The van der Waals surface area contributed by atoms with Crippen LogP contribution < -0.4 is 4.90 Å². The van der Waals surface area contributed by atoms with E-state index in [4.69, 9.17) is 28.2 Å². The van der Waals surface area contributed by atoms with Gasteiger partial charge in [-0.25, -0.2) is 14.6 Å². The number of likely N-dealkylation sites (tertiary alicyclic amines) is 1. The van der Waals surface area contributed by atoms with Crippen LogP contribution in [0.1, 0.15) is 44.5 Å². The Labute approximate surface area is 216 Å². The predicted molar refractivity (Wildman–Crippen MR) is 139 cm³/mol. The van der Waals surface area contributed by atoms with E-state index in [9.17, 15) is 10.4 Å². The van der Waals surface area contributed by atoms with Gasteiger partial charge >= 0.3 is 0 Å². The topological polar surface area (TPSA) is 94.1 Å². The third kappa shape index (κ3) is 4.96. The number of hydrogen-bond donors (Lipinski definition) is 1. The van der Waals surface area contributed by atoms with Crippen LogP contribution in [-0.4, -0.2) is 69.1 Å². The second-order valence-corrected chi connectivity index (χ2v) is 10.1. The van der Waals surface area contributed by atoms with Crippen molar-refractivity contribution in [2.75, 3.05) is 44.2 Å². The highest BCUT2D eigenvalue weighted by atomic mass is 35.5. The van der Waals surface area contributed by atoms with Crippen molar-refractivity contribution in [2.45, 2.75) is 33.2 Å². The van der Waals surface area contributed by atoms with Crippen molar-refractivity contribution in [1.29, 1.82) is 5.26 Å². The molecule has 0 bridgehead atoms. The minimum absolute atomic E-state index is 0. The van der Waals surface area contributed by atoms with Gasteiger partial charge in [-0.1, -0.05) is 36.7 Å². The van der Waals surface area contributed by atoms with Crippen LogP contribution in [0.15, 0.2) is 24.4 Å². The zero-order valence-electron chi connectivity index (χ0n) is 19.0. The van der Waals surface area contributed by atoms with Crippen LogP contribution in [0, 0.1) is 23.2 Å². The molecule has 35 heavy (non-hydrogen) atoms. The summed E-state index contributed by atoms with van der Waals surface area (Å²) in [5, 5.41) is 24.5. The molecule has 2 unspecified atom stereocenters. The lowest BCUT2D eigenvalue weighted by atomic mass is 9.80. The molecule has 0 saturated carbocycles. The van der Waals surface area contributed by atoms with E-state index < -0.39 is 0 Å². The number of piperidine rings is 1. The number of aromatic nitrogens is 4. The Morgan fingerprint density at radius 3 is 2.74 bits per heavy atom. The highest BCUT2D eigenvalue weighted by Gasteiger charge is 2.36. The van der Waals surface area contributed by atoms with Crippen LogP contribution in [0.4, 0.5) is 5.82 Å². The summed E-state index contributed by atoms with van der Waals surface area (Å²) in [7, 11) is 0. The van der Waals surface area contributed by atoms with Gasteiger partial charge in [0.15, 0.2) is 11.3 Å². The summed E-state index contributed by atoms with van der Waals surface area (Å²) in [6.07, 6.45) is 4.17. The van der Waals surface area contributed by atoms with E-state index in [0.717, 1.165) is 44.1 Å². The lowest BCUT2D eigenvalue weighted by Crippen LogP contribution is -2.54. The van der Waals surface area contributed by atoms with E-state index in [-0.39, 0.29) is 25.8 Å². The first-order chi connectivity index (χ1) is 16.5. The molecule has 2 saturated heterocycles. The third-order valence-corrected chi connectivity index (χ3v) is 7.70. The Bertz CT molecular complexity index is 1230. The van der Waals surface area contributed by atoms with Crippen molar-refractivity contribution in [3.63, 3.8) is 0 Å². The van der Waals surface area contributed by atoms with E-state index in [0.29, 0.717) is 33.0 Å². The molecule has 5 rings (SSSR count). The molecule has 8 nitrogen and oxygen atoms in total. The summed E-state index contributed by atoms with van der Waals surface area (Å²) in [6.45, 7) is 6.97. The molecule has 4 heterocycles. The largest absolute Gasteiger partial charge is 0.395 e. The summed E-state index contributed by atoms with van der Waals surface area (Å²) in [5.41, 5.74) is 2.16. The molecule has 0 spiro atoms. The van der Waals surface area contributed by atoms with Crippen molar-refractivity contribution in [3.05, 3.63) is 45.7 Å². The molecule has 186 valence electrons. The smallest absolute Gasteiger partial charge is 0.190 e. The first kappa shape index (κ1) is 25.6. The maximum absolute atomic E-state index is 9.60. The van der Waals surface area contributed by atoms with Gasteiger partial charge in [-0.3, -0.25) is 0 Å². The lowest BCUT2D eigenvalue weighted by molar-refractivity contribution is 0.101. The molecule has 2 fully saturated rings. The number of aliphatic hydroxyl groups excluding tert-OH is 1. The van der Waals surface area contributed by atoms with Crippen LogP contribution >= 0.6 is 23.2 Å². The Hall–Kier alpha value is -2.44. The van der Waals surface area contributed by atoms with Crippen molar-refractivity contribution in [3.8, 4) is 6.07 Å². The summed E-state index contributed by atoms with van der Waals surface area (Å²) in [6, 6.07) is 7.26. The number of halogens is 2. The molecule has 0 aliphatic carbocycles. The molecular formula is C25H31Cl2N7O. The molecule has 2 aromatic heterocycles. The average Bonchev–Trinajstić information content (AvgIpc) is 3.16. The Morgan fingerprint density at radius 2 is 2.03 bits per heavy atom. The molecule has 2 atom stereocenters. The van der Waals surface area contributed by atoms with E-state index >= 15 is 0 Å². The van der Waals surface area contributed by atoms with Gasteiger partial charge in [0, 0.05) is 36.2 Å². The fourth-order valence-electron chi connectivity index (χ4n) is 5.19. The van der Waals surface area contributed by atoms with Gasteiger partial charge in [0.05, 0.1) is 18.8 Å². The van der Waals surface area contributed by atoms with Crippen LogP contribution in [0.3, 0.4) is 0 Å². The quantitative estimate of drug-likeness (QED) is 0.519. The number of rotatable bonds is 6. The minimum atomic E-state index is -0.247. The SMILES string of the molecule is C.CC(c1ccc(Cl)cc1Cl)n1nc(C#N)c2ncc(N3CC(C4CCCN(CCO)C4)C3)nc21. The third-order valence-electron chi connectivity index (χ3n) is 7.13. The number of benzene rings is 1.